The van der Waals surface area contributed by atoms with Crippen molar-refractivity contribution in [3.8, 4) is 0 Å². The summed E-state index contributed by atoms with van der Waals surface area (Å²) >= 11 is 5.94. The van der Waals surface area contributed by atoms with Crippen LogP contribution in [0, 0.1) is 6.92 Å². The van der Waals surface area contributed by atoms with Crippen LogP contribution in [0.1, 0.15) is 35.6 Å². The Labute approximate surface area is 174 Å². The van der Waals surface area contributed by atoms with Gasteiger partial charge in [-0.2, -0.15) is 0 Å². The predicted octanol–water partition coefficient (Wildman–Crippen LogP) is 4.25. The maximum absolute atomic E-state index is 12.9. The molecule has 1 amide bonds. The van der Waals surface area contributed by atoms with E-state index in [9.17, 15) is 14.7 Å². The Bertz CT molecular complexity index is 959. The van der Waals surface area contributed by atoms with Gasteiger partial charge in [0, 0.05) is 23.7 Å². The third-order valence-corrected chi connectivity index (χ3v) is 5.73. The highest BCUT2D eigenvalue weighted by molar-refractivity contribution is 6.46. The van der Waals surface area contributed by atoms with Crippen LogP contribution in [0.2, 0.25) is 5.02 Å². The fourth-order valence-corrected chi connectivity index (χ4v) is 4.06. The summed E-state index contributed by atoms with van der Waals surface area (Å²) in [6, 6.07) is 13.5. The minimum atomic E-state index is -0.680. The van der Waals surface area contributed by atoms with E-state index >= 15 is 0 Å². The molecule has 2 unspecified atom stereocenters. The van der Waals surface area contributed by atoms with Crippen molar-refractivity contribution in [3.05, 3.63) is 75.8 Å². The number of rotatable bonds is 4. The van der Waals surface area contributed by atoms with Crippen molar-refractivity contribution in [3.63, 3.8) is 0 Å². The summed E-state index contributed by atoms with van der Waals surface area (Å²) in [7, 11) is 0. The molecule has 1 N–H and O–H groups in total. The molecule has 2 saturated heterocycles. The van der Waals surface area contributed by atoms with E-state index in [-0.39, 0.29) is 17.4 Å². The number of ether oxygens (including phenoxy) is 1. The molecule has 6 heteroatoms. The molecule has 5 nitrogen and oxygen atoms in total. The van der Waals surface area contributed by atoms with E-state index in [1.165, 1.54) is 4.90 Å². The number of aryl methyl sites for hydroxylation is 1. The zero-order valence-corrected chi connectivity index (χ0v) is 16.9. The highest BCUT2D eigenvalue weighted by atomic mass is 35.5. The van der Waals surface area contributed by atoms with Gasteiger partial charge in [-0.05, 0) is 49.6 Å². The van der Waals surface area contributed by atoms with Crippen LogP contribution >= 0.6 is 11.6 Å². The molecule has 4 rings (SSSR count). The first-order valence-corrected chi connectivity index (χ1v) is 10.1. The number of nitrogens with zero attached hydrogens (tertiary/aromatic N) is 1. The first-order chi connectivity index (χ1) is 14.0. The molecule has 2 aliphatic heterocycles. The molecule has 2 aliphatic rings. The molecule has 0 radical (unpaired) electrons. The van der Waals surface area contributed by atoms with Crippen LogP contribution in [-0.4, -0.2) is 41.0 Å². The second-order valence-electron chi connectivity index (χ2n) is 7.50. The first kappa shape index (κ1) is 19.7. The molecular weight excluding hydrogens is 390 g/mol. The molecule has 150 valence electrons. The third-order valence-electron chi connectivity index (χ3n) is 5.48. The number of hydrogen-bond acceptors (Lipinski definition) is 4. The molecule has 29 heavy (non-hydrogen) atoms. The maximum atomic E-state index is 12.9. The summed E-state index contributed by atoms with van der Waals surface area (Å²) in [5.41, 5.74) is 2.40. The summed E-state index contributed by atoms with van der Waals surface area (Å²) in [5.74, 6) is -1.48. The van der Waals surface area contributed by atoms with Gasteiger partial charge < -0.3 is 14.7 Å². The average molecular weight is 412 g/mol. The molecule has 2 atom stereocenters. The quantitative estimate of drug-likeness (QED) is 0.464. The number of aliphatic hydroxyl groups is 1. The van der Waals surface area contributed by atoms with Gasteiger partial charge in [-0.1, -0.05) is 41.4 Å². The molecule has 0 aliphatic carbocycles. The Morgan fingerprint density at radius 2 is 1.83 bits per heavy atom. The lowest BCUT2D eigenvalue weighted by molar-refractivity contribution is -0.140. The van der Waals surface area contributed by atoms with Crippen LogP contribution < -0.4 is 0 Å². The Morgan fingerprint density at radius 3 is 2.45 bits per heavy atom. The van der Waals surface area contributed by atoms with E-state index in [1.54, 1.807) is 24.3 Å². The van der Waals surface area contributed by atoms with E-state index in [1.807, 2.05) is 31.2 Å². The highest BCUT2D eigenvalue weighted by Gasteiger charge is 2.47. The van der Waals surface area contributed by atoms with E-state index < -0.39 is 17.7 Å². The molecule has 0 aromatic heterocycles. The lowest BCUT2D eigenvalue weighted by Gasteiger charge is -2.27. The number of aliphatic hydroxyl groups excluding tert-OH is 1. The summed E-state index contributed by atoms with van der Waals surface area (Å²) in [6.45, 7) is 2.95. The van der Waals surface area contributed by atoms with Gasteiger partial charge in [0.05, 0.1) is 17.7 Å². The number of carbonyl (C=O) groups is 2. The number of likely N-dealkylation sites (tertiary alicyclic amines) is 1. The molecule has 2 heterocycles. The number of ketones is 1. The van der Waals surface area contributed by atoms with Crippen molar-refractivity contribution in [1.29, 1.82) is 0 Å². The zero-order valence-electron chi connectivity index (χ0n) is 16.1. The van der Waals surface area contributed by atoms with Gasteiger partial charge in [-0.15, -0.1) is 0 Å². The molecule has 0 saturated carbocycles. The second-order valence-corrected chi connectivity index (χ2v) is 7.94. The Kier molecular flexibility index (Phi) is 5.43. The summed E-state index contributed by atoms with van der Waals surface area (Å²) < 4.78 is 5.70. The van der Waals surface area contributed by atoms with Gasteiger partial charge in [0.15, 0.2) is 0 Å². The van der Waals surface area contributed by atoms with E-state index in [4.69, 9.17) is 16.3 Å². The van der Waals surface area contributed by atoms with E-state index in [2.05, 4.69) is 0 Å². The molecule has 0 bridgehead atoms. The largest absolute Gasteiger partial charge is 0.507 e. The number of benzene rings is 2. The van der Waals surface area contributed by atoms with Crippen molar-refractivity contribution in [2.45, 2.75) is 31.9 Å². The second kappa shape index (κ2) is 8.01. The monoisotopic (exact) mass is 411 g/mol. The van der Waals surface area contributed by atoms with E-state index in [0.717, 1.165) is 24.0 Å². The van der Waals surface area contributed by atoms with Crippen LogP contribution in [0.4, 0.5) is 0 Å². The summed E-state index contributed by atoms with van der Waals surface area (Å²) in [6.07, 6.45) is 1.69. The SMILES string of the molecule is Cc1ccc(C2/C(=C(\O)c3ccc(Cl)cc3)C(=O)C(=O)N2CC2CCCO2)cc1. The van der Waals surface area contributed by atoms with Crippen LogP contribution in [-0.2, 0) is 14.3 Å². The summed E-state index contributed by atoms with van der Waals surface area (Å²) in [5, 5.41) is 11.5. The molecule has 2 fully saturated rings. The average Bonchev–Trinajstić information content (AvgIpc) is 3.31. The number of Topliss-reactive ketones (excluding diaryl/α,β-unsaturated/α-hetero) is 1. The van der Waals surface area contributed by atoms with Crippen molar-refractivity contribution in [2.24, 2.45) is 0 Å². The Balaban J connectivity index is 1.81. The standard InChI is InChI=1S/C23H22ClNO4/c1-14-4-6-15(7-5-14)20-19(21(26)16-8-10-17(24)11-9-16)22(27)23(28)25(20)13-18-3-2-12-29-18/h4-11,18,20,26H,2-3,12-13H2,1H3/b21-19+. The number of carbonyl (C=O) groups excluding carboxylic acids is 2. The van der Waals surface area contributed by atoms with Crippen LogP contribution in [0.25, 0.3) is 5.76 Å². The van der Waals surface area contributed by atoms with Gasteiger partial charge in [0.2, 0.25) is 0 Å². The third kappa shape index (κ3) is 3.80. The Morgan fingerprint density at radius 1 is 1.14 bits per heavy atom. The first-order valence-electron chi connectivity index (χ1n) is 9.68. The topological polar surface area (TPSA) is 66.8 Å². The van der Waals surface area contributed by atoms with Gasteiger partial charge in [-0.25, -0.2) is 0 Å². The van der Waals surface area contributed by atoms with Crippen molar-refractivity contribution in [1.82, 2.24) is 4.90 Å². The molecule has 2 aromatic rings. The summed E-state index contributed by atoms with van der Waals surface area (Å²) in [4.78, 5) is 27.4. The minimum Gasteiger partial charge on any atom is -0.507 e. The van der Waals surface area contributed by atoms with Crippen LogP contribution in [0.15, 0.2) is 54.1 Å². The lowest BCUT2D eigenvalue weighted by Crippen LogP contribution is -2.36. The fourth-order valence-electron chi connectivity index (χ4n) is 3.93. The van der Waals surface area contributed by atoms with Crippen LogP contribution in [0.5, 0.6) is 0 Å². The van der Waals surface area contributed by atoms with Crippen LogP contribution in [0.3, 0.4) is 0 Å². The normalized spacial score (nSPS) is 23.7. The lowest BCUT2D eigenvalue weighted by atomic mass is 9.94. The number of amides is 1. The van der Waals surface area contributed by atoms with Crippen molar-refractivity contribution < 1.29 is 19.4 Å². The maximum Gasteiger partial charge on any atom is 0.295 e. The number of halogens is 1. The van der Waals surface area contributed by atoms with Gasteiger partial charge in [0.25, 0.3) is 11.7 Å². The number of hydrogen-bond donors (Lipinski definition) is 1. The van der Waals surface area contributed by atoms with Gasteiger partial charge in [0.1, 0.15) is 5.76 Å². The van der Waals surface area contributed by atoms with Crippen molar-refractivity contribution in [2.75, 3.05) is 13.2 Å². The molecule has 0 spiro atoms. The highest BCUT2D eigenvalue weighted by Crippen LogP contribution is 2.40. The smallest absolute Gasteiger partial charge is 0.295 e. The minimum absolute atomic E-state index is 0.0965. The fraction of sp³-hybridized carbons (Fsp3) is 0.304. The predicted molar refractivity (Wildman–Crippen MR) is 111 cm³/mol. The zero-order chi connectivity index (χ0) is 20.5. The van der Waals surface area contributed by atoms with Crippen molar-refractivity contribution >= 4 is 29.1 Å². The molecule has 2 aromatic carbocycles. The van der Waals surface area contributed by atoms with Gasteiger partial charge >= 0.3 is 0 Å². The van der Waals surface area contributed by atoms with Gasteiger partial charge in [-0.3, -0.25) is 9.59 Å². The Hall–Kier alpha value is -2.63. The van der Waals surface area contributed by atoms with E-state index in [0.29, 0.717) is 23.7 Å². The molecular formula is C23H22ClNO4.